The van der Waals surface area contributed by atoms with E-state index in [1.54, 1.807) is 0 Å². The molecule has 0 aliphatic carbocycles. The van der Waals surface area contributed by atoms with Crippen molar-refractivity contribution >= 4 is 17.5 Å². The minimum Gasteiger partial charge on any atom is -0.273 e. The van der Waals surface area contributed by atoms with Gasteiger partial charge in [-0.3, -0.25) is 9.78 Å². The van der Waals surface area contributed by atoms with Crippen LogP contribution in [0, 0.1) is 0 Å². The van der Waals surface area contributed by atoms with Crippen LogP contribution in [0.1, 0.15) is 17.3 Å². The molecule has 0 aliphatic heterocycles. The number of hydrogen-bond acceptors (Lipinski definition) is 3. The summed E-state index contributed by atoms with van der Waals surface area (Å²) in [4.78, 5) is 14.7. The highest BCUT2D eigenvalue weighted by Crippen LogP contribution is 2.33. The van der Waals surface area contributed by atoms with E-state index in [0.717, 1.165) is 10.7 Å². The van der Waals surface area contributed by atoms with Gasteiger partial charge >= 0.3 is 6.18 Å². The first-order chi connectivity index (χ1) is 8.79. The average Bonchev–Trinajstić information content (AvgIpc) is 2.76. The molecule has 0 amide bonds. The molecule has 0 atom stereocenters. The predicted octanol–water partition coefficient (Wildman–Crippen LogP) is 3.28. The van der Waals surface area contributed by atoms with Gasteiger partial charge in [-0.25, -0.2) is 4.68 Å². The standard InChI is InChI=1S/C11H7ClF3N3O/c1-6(19)18-5-7(3-17-18)10-9(12)2-8(4-16-10)11(13,14)15/h2-5H,1H3. The lowest BCUT2D eigenvalue weighted by molar-refractivity contribution is -0.137. The summed E-state index contributed by atoms with van der Waals surface area (Å²) in [6, 6.07) is 0.787. The molecule has 2 heterocycles. The monoisotopic (exact) mass is 289 g/mol. The Balaban J connectivity index is 2.43. The summed E-state index contributed by atoms with van der Waals surface area (Å²) in [6.45, 7) is 1.30. The van der Waals surface area contributed by atoms with Gasteiger partial charge in [0, 0.05) is 24.9 Å². The topological polar surface area (TPSA) is 47.8 Å². The molecule has 0 aromatic carbocycles. The zero-order chi connectivity index (χ0) is 14.2. The van der Waals surface area contributed by atoms with Gasteiger partial charge in [-0.15, -0.1) is 0 Å². The van der Waals surface area contributed by atoms with E-state index < -0.39 is 11.7 Å². The van der Waals surface area contributed by atoms with Crippen molar-refractivity contribution in [3.63, 3.8) is 0 Å². The minimum absolute atomic E-state index is 0.141. The van der Waals surface area contributed by atoms with E-state index in [1.165, 1.54) is 19.3 Å². The summed E-state index contributed by atoms with van der Waals surface area (Å²) in [7, 11) is 0. The summed E-state index contributed by atoms with van der Waals surface area (Å²) in [5.41, 5.74) is -0.420. The van der Waals surface area contributed by atoms with E-state index in [0.29, 0.717) is 11.8 Å². The lowest BCUT2D eigenvalue weighted by Crippen LogP contribution is -2.06. The van der Waals surface area contributed by atoms with Gasteiger partial charge in [-0.05, 0) is 6.07 Å². The van der Waals surface area contributed by atoms with Crippen LogP contribution in [0.25, 0.3) is 11.3 Å². The van der Waals surface area contributed by atoms with E-state index in [4.69, 9.17) is 11.6 Å². The SMILES string of the molecule is CC(=O)n1cc(-c2ncc(C(F)(F)F)cc2Cl)cn1. The minimum atomic E-state index is -4.50. The van der Waals surface area contributed by atoms with Crippen LogP contribution in [0.4, 0.5) is 13.2 Å². The zero-order valence-electron chi connectivity index (χ0n) is 9.57. The summed E-state index contributed by atoms with van der Waals surface area (Å²) in [5.74, 6) is -0.325. The fourth-order valence-electron chi connectivity index (χ4n) is 1.42. The first-order valence-corrected chi connectivity index (χ1v) is 5.45. The molecule has 0 saturated carbocycles. The molecule has 0 radical (unpaired) electrons. The van der Waals surface area contributed by atoms with Crippen LogP contribution < -0.4 is 0 Å². The molecule has 8 heteroatoms. The summed E-state index contributed by atoms with van der Waals surface area (Å²) >= 11 is 5.77. The highest BCUT2D eigenvalue weighted by atomic mass is 35.5. The molecule has 0 N–H and O–H groups in total. The number of rotatable bonds is 1. The Morgan fingerprint density at radius 3 is 2.53 bits per heavy atom. The first kappa shape index (κ1) is 13.5. The van der Waals surface area contributed by atoms with Crippen molar-refractivity contribution in [3.05, 3.63) is 35.2 Å². The second-order valence-electron chi connectivity index (χ2n) is 3.74. The molecule has 19 heavy (non-hydrogen) atoms. The van der Waals surface area contributed by atoms with Crippen LogP contribution in [0.5, 0.6) is 0 Å². The molecule has 0 unspecified atom stereocenters. The van der Waals surface area contributed by atoms with Crippen LogP contribution in [0.15, 0.2) is 24.7 Å². The predicted molar refractivity (Wildman–Crippen MR) is 61.8 cm³/mol. The van der Waals surface area contributed by atoms with Gasteiger partial charge in [-0.1, -0.05) is 11.6 Å². The normalized spacial score (nSPS) is 11.6. The number of hydrogen-bond donors (Lipinski definition) is 0. The van der Waals surface area contributed by atoms with Crippen LogP contribution in [-0.2, 0) is 6.18 Å². The van der Waals surface area contributed by atoms with Crippen LogP contribution in [0.2, 0.25) is 5.02 Å². The van der Waals surface area contributed by atoms with Crippen molar-refractivity contribution in [3.8, 4) is 11.3 Å². The lowest BCUT2D eigenvalue weighted by atomic mass is 10.2. The third-order valence-electron chi connectivity index (χ3n) is 2.35. The van der Waals surface area contributed by atoms with Crippen molar-refractivity contribution in [2.75, 3.05) is 0 Å². The molecule has 0 aliphatic rings. The smallest absolute Gasteiger partial charge is 0.273 e. The van der Waals surface area contributed by atoms with Gasteiger partial charge in [-0.2, -0.15) is 18.3 Å². The van der Waals surface area contributed by atoms with Gasteiger partial charge in [0.1, 0.15) is 0 Å². The molecule has 0 saturated heterocycles. The molecule has 2 aromatic rings. The third-order valence-corrected chi connectivity index (χ3v) is 2.64. The molecule has 0 spiro atoms. The van der Waals surface area contributed by atoms with Gasteiger partial charge in [0.25, 0.3) is 0 Å². The van der Waals surface area contributed by atoms with Crippen molar-refractivity contribution in [1.82, 2.24) is 14.8 Å². The summed E-state index contributed by atoms with van der Waals surface area (Å²) in [6.07, 6.45) is -1.16. The quantitative estimate of drug-likeness (QED) is 0.809. The van der Waals surface area contributed by atoms with Crippen molar-refractivity contribution in [1.29, 1.82) is 0 Å². The van der Waals surface area contributed by atoms with Gasteiger partial charge in [0.05, 0.1) is 22.5 Å². The van der Waals surface area contributed by atoms with Gasteiger partial charge in [0.15, 0.2) is 0 Å². The Labute approximate surface area is 110 Å². The maximum Gasteiger partial charge on any atom is 0.417 e. The Morgan fingerprint density at radius 2 is 2.05 bits per heavy atom. The summed E-state index contributed by atoms with van der Waals surface area (Å²) < 4.78 is 38.4. The number of pyridine rings is 1. The third kappa shape index (κ3) is 2.76. The molecular formula is C11H7ClF3N3O. The lowest BCUT2D eigenvalue weighted by Gasteiger charge is -2.07. The number of halogens is 4. The highest BCUT2D eigenvalue weighted by molar-refractivity contribution is 6.33. The number of carbonyl (C=O) groups excluding carboxylic acids is 1. The molecule has 100 valence electrons. The molecule has 0 bridgehead atoms. The zero-order valence-corrected chi connectivity index (χ0v) is 10.3. The Hall–Kier alpha value is -1.89. The van der Waals surface area contributed by atoms with E-state index in [-0.39, 0.29) is 16.6 Å². The Morgan fingerprint density at radius 1 is 1.37 bits per heavy atom. The van der Waals surface area contributed by atoms with Gasteiger partial charge < -0.3 is 0 Å². The largest absolute Gasteiger partial charge is 0.417 e. The van der Waals surface area contributed by atoms with E-state index in [2.05, 4.69) is 10.1 Å². The summed E-state index contributed by atoms with van der Waals surface area (Å²) in [5, 5.41) is 3.60. The second-order valence-corrected chi connectivity index (χ2v) is 4.15. The van der Waals surface area contributed by atoms with Gasteiger partial charge in [0.2, 0.25) is 5.91 Å². The number of alkyl halides is 3. The highest BCUT2D eigenvalue weighted by Gasteiger charge is 2.31. The van der Waals surface area contributed by atoms with E-state index in [9.17, 15) is 18.0 Å². The number of carbonyl (C=O) groups is 1. The maximum absolute atomic E-state index is 12.5. The Kier molecular flexibility index (Phi) is 3.32. The molecule has 2 aromatic heterocycles. The van der Waals surface area contributed by atoms with Crippen LogP contribution >= 0.6 is 11.6 Å². The van der Waals surface area contributed by atoms with Crippen LogP contribution in [-0.4, -0.2) is 20.7 Å². The molecule has 0 fully saturated rings. The van der Waals surface area contributed by atoms with E-state index >= 15 is 0 Å². The van der Waals surface area contributed by atoms with Crippen molar-refractivity contribution < 1.29 is 18.0 Å². The average molecular weight is 290 g/mol. The maximum atomic E-state index is 12.5. The number of nitrogens with zero attached hydrogens (tertiary/aromatic N) is 3. The first-order valence-electron chi connectivity index (χ1n) is 5.08. The van der Waals surface area contributed by atoms with E-state index in [1.807, 2.05) is 0 Å². The van der Waals surface area contributed by atoms with Crippen molar-refractivity contribution in [2.24, 2.45) is 0 Å². The fraction of sp³-hybridized carbons (Fsp3) is 0.182. The van der Waals surface area contributed by atoms with Crippen LogP contribution in [0.3, 0.4) is 0 Å². The Bertz CT molecular complexity index is 636. The van der Waals surface area contributed by atoms with Crippen molar-refractivity contribution in [2.45, 2.75) is 13.1 Å². The molecular weight excluding hydrogens is 283 g/mol. The second kappa shape index (κ2) is 4.65. The fourth-order valence-corrected chi connectivity index (χ4v) is 1.70. The molecule has 4 nitrogen and oxygen atoms in total. The number of aromatic nitrogens is 3. The molecule has 2 rings (SSSR count).